The predicted molar refractivity (Wildman–Crippen MR) is 91.9 cm³/mol. The van der Waals surface area contributed by atoms with Gasteiger partial charge in [0.25, 0.3) is 0 Å². The summed E-state index contributed by atoms with van der Waals surface area (Å²) in [6.45, 7) is 14.7. The second kappa shape index (κ2) is 9.11. The van der Waals surface area contributed by atoms with E-state index in [-0.39, 0.29) is 0 Å². The molecule has 0 heterocycles. The van der Waals surface area contributed by atoms with Crippen molar-refractivity contribution in [2.45, 2.75) is 92.9 Å². The average Bonchev–Trinajstić information content (AvgIpc) is 2.35. The Kier molecular flexibility index (Phi) is 8.22. The summed E-state index contributed by atoms with van der Waals surface area (Å²) in [5, 5.41) is 0. The molecular weight excluding hydrogens is 240 g/mol. The fourth-order valence-corrected chi connectivity index (χ4v) is 3.94. The Balaban J connectivity index is 2.69. The lowest BCUT2D eigenvalue weighted by Crippen LogP contribution is -2.20. The zero-order valence-corrected chi connectivity index (χ0v) is 15.1. The minimum absolute atomic E-state index is 0.865. The van der Waals surface area contributed by atoms with Crippen molar-refractivity contribution < 1.29 is 0 Å². The fourth-order valence-electron chi connectivity index (χ4n) is 3.94. The van der Waals surface area contributed by atoms with Crippen LogP contribution in [0.4, 0.5) is 0 Å². The molecule has 20 heavy (non-hydrogen) atoms. The van der Waals surface area contributed by atoms with E-state index in [1.165, 1.54) is 51.4 Å². The molecule has 0 aromatic carbocycles. The molecule has 0 N–H and O–H groups in total. The van der Waals surface area contributed by atoms with E-state index >= 15 is 0 Å². The summed E-state index contributed by atoms with van der Waals surface area (Å²) in [5.74, 6) is 5.53. The van der Waals surface area contributed by atoms with Crippen molar-refractivity contribution in [3.05, 3.63) is 0 Å². The van der Waals surface area contributed by atoms with Crippen LogP contribution >= 0.6 is 0 Å². The number of hydrogen-bond donors (Lipinski definition) is 0. The minimum atomic E-state index is 0.865. The first-order valence-electron chi connectivity index (χ1n) is 9.40. The minimum Gasteiger partial charge on any atom is -0.0625 e. The lowest BCUT2D eigenvalue weighted by Gasteiger charge is -2.31. The molecule has 1 aliphatic rings. The lowest BCUT2D eigenvalue weighted by atomic mass is 9.75. The van der Waals surface area contributed by atoms with Gasteiger partial charge in [-0.25, -0.2) is 0 Å². The van der Waals surface area contributed by atoms with Gasteiger partial charge in [-0.1, -0.05) is 73.6 Å². The molecule has 1 aliphatic carbocycles. The highest BCUT2D eigenvalue weighted by atomic mass is 14.3. The summed E-state index contributed by atoms with van der Waals surface area (Å²) in [5.41, 5.74) is 0. The first-order valence-corrected chi connectivity index (χ1v) is 9.40. The summed E-state index contributed by atoms with van der Waals surface area (Å²) in [7, 11) is 0. The molecule has 0 aromatic heterocycles. The standard InChI is InChI=1S/C20H40/c1-15(2)19-12-10-17(5)8-7-9-18(6)11-13-20(14-19)16(3)4/h15-20H,7-14H2,1-6H3. The van der Waals surface area contributed by atoms with Crippen LogP contribution in [0.15, 0.2) is 0 Å². The first-order chi connectivity index (χ1) is 9.40. The highest BCUT2D eigenvalue weighted by molar-refractivity contribution is 4.74. The molecule has 0 spiro atoms. The van der Waals surface area contributed by atoms with Crippen LogP contribution in [-0.2, 0) is 0 Å². The maximum Gasteiger partial charge on any atom is -0.0388 e. The van der Waals surface area contributed by atoms with Gasteiger partial charge >= 0.3 is 0 Å². The Hall–Kier alpha value is 0. The first kappa shape index (κ1) is 18.1. The van der Waals surface area contributed by atoms with Crippen LogP contribution < -0.4 is 0 Å². The van der Waals surface area contributed by atoms with Gasteiger partial charge in [0.2, 0.25) is 0 Å². The Labute approximate surface area is 129 Å². The third kappa shape index (κ3) is 6.64. The van der Waals surface area contributed by atoms with Crippen LogP contribution in [0.3, 0.4) is 0 Å². The molecule has 4 atom stereocenters. The maximum absolute atomic E-state index is 2.48. The molecule has 0 bridgehead atoms. The summed E-state index contributed by atoms with van der Waals surface area (Å²) in [6, 6.07) is 0. The molecule has 1 saturated carbocycles. The quantitative estimate of drug-likeness (QED) is 0.514. The lowest BCUT2D eigenvalue weighted by molar-refractivity contribution is 0.202. The van der Waals surface area contributed by atoms with Crippen LogP contribution in [0.5, 0.6) is 0 Å². The smallest absolute Gasteiger partial charge is 0.0388 e. The van der Waals surface area contributed by atoms with E-state index in [9.17, 15) is 0 Å². The molecule has 0 aromatic rings. The fraction of sp³-hybridized carbons (Fsp3) is 1.00. The molecular formula is C20H40. The van der Waals surface area contributed by atoms with E-state index in [1.54, 1.807) is 0 Å². The number of hydrogen-bond acceptors (Lipinski definition) is 0. The highest BCUT2D eigenvalue weighted by Crippen LogP contribution is 2.35. The van der Waals surface area contributed by atoms with Crippen molar-refractivity contribution in [1.82, 2.24) is 0 Å². The summed E-state index contributed by atoms with van der Waals surface area (Å²) in [4.78, 5) is 0. The topological polar surface area (TPSA) is 0 Å². The third-order valence-electron chi connectivity index (χ3n) is 5.95. The van der Waals surface area contributed by atoms with Crippen molar-refractivity contribution in [1.29, 1.82) is 0 Å². The van der Waals surface area contributed by atoms with E-state index in [1.807, 2.05) is 0 Å². The normalized spacial score (nSPS) is 34.8. The highest BCUT2D eigenvalue weighted by Gasteiger charge is 2.23. The van der Waals surface area contributed by atoms with Gasteiger partial charge in [-0.15, -0.1) is 0 Å². The summed E-state index contributed by atoms with van der Waals surface area (Å²) >= 11 is 0. The molecule has 4 unspecified atom stereocenters. The molecule has 0 aliphatic heterocycles. The van der Waals surface area contributed by atoms with Crippen molar-refractivity contribution in [2.24, 2.45) is 35.5 Å². The zero-order chi connectivity index (χ0) is 15.1. The van der Waals surface area contributed by atoms with Crippen molar-refractivity contribution in [3.8, 4) is 0 Å². The van der Waals surface area contributed by atoms with Crippen molar-refractivity contribution in [2.75, 3.05) is 0 Å². The Morgan fingerprint density at radius 3 is 1.35 bits per heavy atom. The summed E-state index contributed by atoms with van der Waals surface area (Å²) < 4.78 is 0. The summed E-state index contributed by atoms with van der Waals surface area (Å²) in [6.07, 6.45) is 11.7. The molecule has 0 nitrogen and oxygen atoms in total. The second-order valence-electron chi connectivity index (χ2n) is 8.54. The molecule has 0 saturated heterocycles. The Morgan fingerprint density at radius 2 is 1.00 bits per heavy atom. The van der Waals surface area contributed by atoms with Gasteiger partial charge < -0.3 is 0 Å². The van der Waals surface area contributed by atoms with E-state index < -0.39 is 0 Å². The van der Waals surface area contributed by atoms with E-state index in [0.29, 0.717) is 0 Å². The monoisotopic (exact) mass is 280 g/mol. The molecule has 120 valence electrons. The average molecular weight is 281 g/mol. The third-order valence-corrected chi connectivity index (χ3v) is 5.95. The molecule has 0 radical (unpaired) electrons. The Bertz CT molecular complexity index is 216. The zero-order valence-electron chi connectivity index (χ0n) is 15.1. The molecule has 1 rings (SSSR count). The van der Waals surface area contributed by atoms with Crippen molar-refractivity contribution >= 4 is 0 Å². The van der Waals surface area contributed by atoms with Crippen LogP contribution in [-0.4, -0.2) is 0 Å². The van der Waals surface area contributed by atoms with Crippen LogP contribution in [0.25, 0.3) is 0 Å². The van der Waals surface area contributed by atoms with Gasteiger partial charge in [0.1, 0.15) is 0 Å². The molecule has 0 amide bonds. The Morgan fingerprint density at radius 1 is 0.600 bits per heavy atom. The molecule has 0 heteroatoms. The maximum atomic E-state index is 2.48. The molecule has 1 fully saturated rings. The van der Waals surface area contributed by atoms with Gasteiger partial charge in [-0.2, -0.15) is 0 Å². The van der Waals surface area contributed by atoms with E-state index in [0.717, 1.165) is 35.5 Å². The largest absolute Gasteiger partial charge is 0.0625 e. The van der Waals surface area contributed by atoms with E-state index in [4.69, 9.17) is 0 Å². The van der Waals surface area contributed by atoms with Crippen LogP contribution in [0.1, 0.15) is 92.9 Å². The van der Waals surface area contributed by atoms with E-state index in [2.05, 4.69) is 41.5 Å². The van der Waals surface area contributed by atoms with Crippen LogP contribution in [0, 0.1) is 35.5 Å². The van der Waals surface area contributed by atoms with Gasteiger partial charge in [0.05, 0.1) is 0 Å². The van der Waals surface area contributed by atoms with Gasteiger partial charge in [-0.05, 0) is 54.8 Å². The number of rotatable bonds is 2. The second-order valence-corrected chi connectivity index (χ2v) is 8.54. The van der Waals surface area contributed by atoms with Gasteiger partial charge in [-0.3, -0.25) is 0 Å². The SMILES string of the molecule is CC1CCCC(C)CCC(C(C)C)CC(C(C)C)CC1. The van der Waals surface area contributed by atoms with Gasteiger partial charge in [0, 0.05) is 0 Å². The van der Waals surface area contributed by atoms with Crippen molar-refractivity contribution in [3.63, 3.8) is 0 Å². The van der Waals surface area contributed by atoms with Crippen LogP contribution in [0.2, 0.25) is 0 Å². The predicted octanol–water partition coefficient (Wildman–Crippen LogP) is 6.94. The van der Waals surface area contributed by atoms with Gasteiger partial charge in [0.15, 0.2) is 0 Å².